The number of nitro benzene ring substituents is 1. The van der Waals surface area contributed by atoms with E-state index in [1.165, 1.54) is 17.7 Å². The summed E-state index contributed by atoms with van der Waals surface area (Å²) in [6.45, 7) is 2.18. The highest BCUT2D eigenvalue weighted by atomic mass is 16.7. The molecule has 1 fully saturated rings. The lowest BCUT2D eigenvalue weighted by Gasteiger charge is -2.14. The van der Waals surface area contributed by atoms with Crippen molar-refractivity contribution in [1.82, 2.24) is 0 Å². The van der Waals surface area contributed by atoms with E-state index in [0.29, 0.717) is 0 Å². The van der Waals surface area contributed by atoms with Gasteiger partial charge >= 0.3 is 0 Å². The molecule has 110 valence electrons. The fourth-order valence-electron chi connectivity index (χ4n) is 3.37. The summed E-state index contributed by atoms with van der Waals surface area (Å²) in [7, 11) is 0. The molecule has 1 heterocycles. The van der Waals surface area contributed by atoms with Crippen LogP contribution in [-0.4, -0.2) is 16.7 Å². The van der Waals surface area contributed by atoms with E-state index >= 15 is 0 Å². The molecule has 2 aliphatic rings. The van der Waals surface area contributed by atoms with Gasteiger partial charge in [-0.25, -0.2) is 0 Å². The van der Waals surface area contributed by atoms with Crippen LogP contribution in [0.5, 0.6) is 0 Å². The lowest BCUT2D eigenvalue weighted by atomic mass is 9.92. The minimum atomic E-state index is -0.398. The number of hydrogen-bond acceptors (Lipinski definition) is 4. The molecular formula is C17H14N2O3. The molecule has 1 saturated carbocycles. The zero-order valence-corrected chi connectivity index (χ0v) is 12.0. The number of benzene rings is 2. The molecule has 3 atom stereocenters. The van der Waals surface area contributed by atoms with Crippen LogP contribution in [0.15, 0.2) is 59.8 Å². The standard InChI is InChI=1S/C17H14N2O3/c1-17(12-5-3-2-4-6-12)14-15(18-22-16(14)17)11-7-9-13(10-8-11)19(20)21/h2-10,14,16H,1H3/t14-,16+,17+/m0/s1. The second-order valence-corrected chi connectivity index (χ2v) is 5.93. The van der Waals surface area contributed by atoms with Crippen LogP contribution in [0.2, 0.25) is 0 Å². The Balaban J connectivity index is 1.64. The van der Waals surface area contributed by atoms with E-state index in [1.807, 2.05) is 18.2 Å². The molecule has 22 heavy (non-hydrogen) atoms. The average Bonchev–Trinajstić information content (AvgIpc) is 2.94. The lowest BCUT2D eigenvalue weighted by molar-refractivity contribution is -0.384. The zero-order chi connectivity index (χ0) is 15.3. The maximum atomic E-state index is 10.7. The second kappa shape index (κ2) is 4.40. The fraction of sp³-hybridized carbons (Fsp3) is 0.235. The SMILES string of the molecule is C[C@]1(c2ccccc2)[C@@H]2ON=C(c3ccc([N+](=O)[O-])cc3)[C@@H]21. The molecule has 1 aliphatic carbocycles. The van der Waals surface area contributed by atoms with Gasteiger partial charge in [0.15, 0.2) is 0 Å². The summed E-state index contributed by atoms with van der Waals surface area (Å²) in [5.74, 6) is 0.205. The van der Waals surface area contributed by atoms with Crippen molar-refractivity contribution >= 4 is 11.4 Å². The van der Waals surface area contributed by atoms with Crippen LogP contribution in [0, 0.1) is 16.0 Å². The highest BCUT2D eigenvalue weighted by molar-refractivity contribution is 6.07. The first-order valence-electron chi connectivity index (χ1n) is 7.16. The summed E-state index contributed by atoms with van der Waals surface area (Å²) < 4.78 is 0. The van der Waals surface area contributed by atoms with Crippen LogP contribution < -0.4 is 0 Å². The molecule has 0 spiro atoms. The molecule has 0 saturated heterocycles. The Labute approximate surface area is 127 Å². The highest BCUT2D eigenvalue weighted by Crippen LogP contribution is 2.60. The number of non-ortho nitro benzene ring substituents is 1. The van der Waals surface area contributed by atoms with Crippen molar-refractivity contribution in [3.05, 3.63) is 75.8 Å². The molecule has 0 unspecified atom stereocenters. The first-order valence-corrected chi connectivity index (χ1v) is 7.16. The van der Waals surface area contributed by atoms with E-state index in [-0.39, 0.29) is 23.1 Å². The quantitative estimate of drug-likeness (QED) is 0.644. The smallest absolute Gasteiger partial charge is 0.269 e. The minimum absolute atomic E-state index is 0.0556. The van der Waals surface area contributed by atoms with E-state index < -0.39 is 4.92 Å². The molecule has 2 aromatic rings. The van der Waals surface area contributed by atoms with Crippen LogP contribution in [0.25, 0.3) is 0 Å². The summed E-state index contributed by atoms with van der Waals surface area (Å²) in [6.07, 6.45) is 0.0556. The summed E-state index contributed by atoms with van der Waals surface area (Å²) >= 11 is 0. The zero-order valence-electron chi connectivity index (χ0n) is 12.0. The van der Waals surface area contributed by atoms with Gasteiger partial charge in [0, 0.05) is 23.1 Å². The largest absolute Gasteiger partial charge is 0.391 e. The third-order valence-electron chi connectivity index (χ3n) is 4.76. The van der Waals surface area contributed by atoms with Gasteiger partial charge in [0.1, 0.15) is 6.10 Å². The van der Waals surface area contributed by atoms with Gasteiger partial charge in [-0.15, -0.1) is 0 Å². The van der Waals surface area contributed by atoms with E-state index in [0.717, 1.165) is 11.3 Å². The van der Waals surface area contributed by atoms with Crippen LogP contribution >= 0.6 is 0 Å². The van der Waals surface area contributed by atoms with E-state index in [4.69, 9.17) is 4.84 Å². The van der Waals surface area contributed by atoms with Gasteiger partial charge in [0.2, 0.25) is 0 Å². The highest BCUT2D eigenvalue weighted by Gasteiger charge is 2.70. The van der Waals surface area contributed by atoms with Crippen molar-refractivity contribution < 1.29 is 9.76 Å². The Morgan fingerprint density at radius 3 is 2.45 bits per heavy atom. The van der Waals surface area contributed by atoms with E-state index in [1.54, 1.807) is 12.1 Å². The normalized spacial score (nSPS) is 28.5. The van der Waals surface area contributed by atoms with E-state index in [9.17, 15) is 10.1 Å². The number of nitrogens with zero attached hydrogens (tertiary/aromatic N) is 2. The van der Waals surface area contributed by atoms with Crippen molar-refractivity contribution in [1.29, 1.82) is 0 Å². The van der Waals surface area contributed by atoms with Gasteiger partial charge in [0.05, 0.1) is 16.6 Å². The lowest BCUT2D eigenvalue weighted by Crippen LogP contribution is -2.15. The predicted octanol–water partition coefficient (Wildman–Crippen LogP) is 3.29. The fourth-order valence-corrected chi connectivity index (χ4v) is 3.37. The predicted molar refractivity (Wildman–Crippen MR) is 81.8 cm³/mol. The van der Waals surface area contributed by atoms with Crippen LogP contribution in [0.3, 0.4) is 0 Å². The molecule has 0 N–H and O–H groups in total. The molecule has 5 nitrogen and oxygen atoms in total. The molecular weight excluding hydrogens is 280 g/mol. The molecule has 0 radical (unpaired) electrons. The van der Waals surface area contributed by atoms with Gasteiger partial charge in [-0.1, -0.05) is 42.4 Å². The maximum Gasteiger partial charge on any atom is 0.269 e. The van der Waals surface area contributed by atoms with Gasteiger partial charge < -0.3 is 4.84 Å². The topological polar surface area (TPSA) is 64.7 Å². The Morgan fingerprint density at radius 2 is 1.82 bits per heavy atom. The van der Waals surface area contributed by atoms with Crippen molar-refractivity contribution in [3.63, 3.8) is 0 Å². The molecule has 0 amide bonds. The first-order chi connectivity index (χ1) is 10.6. The van der Waals surface area contributed by atoms with Crippen molar-refractivity contribution in [3.8, 4) is 0 Å². The molecule has 2 aromatic carbocycles. The summed E-state index contributed by atoms with van der Waals surface area (Å²) in [4.78, 5) is 15.9. The third kappa shape index (κ3) is 1.68. The van der Waals surface area contributed by atoms with Crippen LogP contribution in [-0.2, 0) is 10.3 Å². The summed E-state index contributed by atoms with van der Waals surface area (Å²) in [5.41, 5.74) is 3.02. The van der Waals surface area contributed by atoms with Gasteiger partial charge in [0.25, 0.3) is 5.69 Å². The minimum Gasteiger partial charge on any atom is -0.391 e. The Kier molecular flexibility index (Phi) is 2.60. The van der Waals surface area contributed by atoms with Gasteiger partial charge in [-0.2, -0.15) is 0 Å². The maximum absolute atomic E-state index is 10.7. The third-order valence-corrected chi connectivity index (χ3v) is 4.76. The van der Waals surface area contributed by atoms with Crippen molar-refractivity contribution in [2.24, 2.45) is 11.1 Å². The Morgan fingerprint density at radius 1 is 1.14 bits per heavy atom. The number of nitro groups is 1. The van der Waals surface area contributed by atoms with Gasteiger partial charge in [-0.3, -0.25) is 10.1 Å². The monoisotopic (exact) mass is 294 g/mol. The first kappa shape index (κ1) is 13.0. The average molecular weight is 294 g/mol. The molecule has 0 bridgehead atoms. The Bertz CT molecular complexity index is 770. The number of rotatable bonds is 3. The van der Waals surface area contributed by atoms with Crippen LogP contribution in [0.4, 0.5) is 5.69 Å². The number of oxime groups is 1. The molecule has 0 aromatic heterocycles. The number of hydrogen-bond donors (Lipinski definition) is 0. The molecule has 1 aliphatic heterocycles. The number of fused-ring (bicyclic) bond motifs is 1. The molecule has 5 heteroatoms. The van der Waals surface area contributed by atoms with Crippen molar-refractivity contribution in [2.75, 3.05) is 0 Å². The van der Waals surface area contributed by atoms with Gasteiger partial charge in [-0.05, 0) is 17.7 Å². The van der Waals surface area contributed by atoms with Crippen LogP contribution in [0.1, 0.15) is 18.1 Å². The van der Waals surface area contributed by atoms with Crippen molar-refractivity contribution in [2.45, 2.75) is 18.4 Å². The summed E-state index contributed by atoms with van der Waals surface area (Å²) in [5, 5.41) is 14.9. The summed E-state index contributed by atoms with van der Waals surface area (Å²) in [6, 6.07) is 16.8. The molecule has 4 rings (SSSR count). The van der Waals surface area contributed by atoms with E-state index in [2.05, 4.69) is 24.2 Å². The Hall–Kier alpha value is -2.69. The second-order valence-electron chi connectivity index (χ2n) is 5.93.